The first-order valence-electron chi connectivity index (χ1n) is 6.53. The molecular weight excluding hydrogens is 268 g/mol. The zero-order valence-electron chi connectivity index (χ0n) is 11.9. The summed E-state index contributed by atoms with van der Waals surface area (Å²) in [6, 6.07) is 13.6. The number of carbonyl (C=O) groups excluding carboxylic acids is 1. The van der Waals surface area contributed by atoms with Gasteiger partial charge in [-0.15, -0.1) is 0 Å². The number of nitro groups is 1. The second-order valence-corrected chi connectivity index (χ2v) is 4.90. The number of benzene rings is 2. The number of amides is 1. The highest BCUT2D eigenvalue weighted by Gasteiger charge is 2.15. The molecule has 0 aromatic heterocycles. The first-order valence-corrected chi connectivity index (χ1v) is 6.53. The quantitative estimate of drug-likeness (QED) is 0.640. The lowest BCUT2D eigenvalue weighted by atomic mass is 10.1. The molecule has 2 aromatic rings. The van der Waals surface area contributed by atoms with Crippen molar-refractivity contribution in [1.82, 2.24) is 4.90 Å². The summed E-state index contributed by atoms with van der Waals surface area (Å²) >= 11 is 0. The highest BCUT2D eigenvalue weighted by molar-refractivity contribution is 5.94. The SMILES string of the molecule is Cc1ccccc1CN(C)C(=O)c1cccc([N+](=O)[O-])c1. The Morgan fingerprint density at radius 1 is 1.19 bits per heavy atom. The van der Waals surface area contributed by atoms with Gasteiger partial charge in [-0.3, -0.25) is 14.9 Å². The molecule has 2 aromatic carbocycles. The maximum Gasteiger partial charge on any atom is 0.270 e. The van der Waals surface area contributed by atoms with Gasteiger partial charge in [0, 0.05) is 31.3 Å². The van der Waals surface area contributed by atoms with E-state index < -0.39 is 4.92 Å². The van der Waals surface area contributed by atoms with E-state index in [9.17, 15) is 14.9 Å². The van der Waals surface area contributed by atoms with Crippen molar-refractivity contribution in [3.8, 4) is 0 Å². The number of nitrogens with zero attached hydrogens (tertiary/aromatic N) is 2. The van der Waals surface area contributed by atoms with Crippen molar-refractivity contribution >= 4 is 11.6 Å². The van der Waals surface area contributed by atoms with Crippen LogP contribution in [-0.4, -0.2) is 22.8 Å². The highest BCUT2D eigenvalue weighted by atomic mass is 16.6. The summed E-state index contributed by atoms with van der Waals surface area (Å²) in [5, 5.41) is 10.8. The van der Waals surface area contributed by atoms with Crippen LogP contribution in [0.2, 0.25) is 0 Å². The van der Waals surface area contributed by atoms with Crippen molar-refractivity contribution in [3.63, 3.8) is 0 Å². The van der Waals surface area contributed by atoms with Gasteiger partial charge in [0.05, 0.1) is 4.92 Å². The second kappa shape index (κ2) is 6.17. The van der Waals surface area contributed by atoms with E-state index in [0.717, 1.165) is 11.1 Å². The third-order valence-corrected chi connectivity index (χ3v) is 3.32. The van der Waals surface area contributed by atoms with Gasteiger partial charge in [0.2, 0.25) is 0 Å². The van der Waals surface area contributed by atoms with Crippen LogP contribution in [0.15, 0.2) is 48.5 Å². The minimum absolute atomic E-state index is 0.0786. The molecular formula is C16H16N2O3. The fourth-order valence-corrected chi connectivity index (χ4v) is 2.09. The number of nitro benzene ring substituents is 1. The van der Waals surface area contributed by atoms with Crippen LogP contribution in [-0.2, 0) is 6.54 Å². The second-order valence-electron chi connectivity index (χ2n) is 4.90. The van der Waals surface area contributed by atoms with Gasteiger partial charge in [-0.1, -0.05) is 30.3 Å². The Bertz CT molecular complexity index is 683. The third kappa shape index (κ3) is 3.45. The Morgan fingerprint density at radius 3 is 2.57 bits per heavy atom. The number of hydrogen-bond donors (Lipinski definition) is 0. The van der Waals surface area contributed by atoms with Gasteiger partial charge in [-0.2, -0.15) is 0 Å². The lowest BCUT2D eigenvalue weighted by molar-refractivity contribution is -0.384. The van der Waals surface area contributed by atoms with Gasteiger partial charge in [0.25, 0.3) is 11.6 Å². The van der Waals surface area contributed by atoms with E-state index in [0.29, 0.717) is 12.1 Å². The summed E-state index contributed by atoms with van der Waals surface area (Å²) in [4.78, 5) is 24.2. The van der Waals surface area contributed by atoms with Crippen molar-refractivity contribution in [2.24, 2.45) is 0 Å². The summed E-state index contributed by atoms with van der Waals surface area (Å²) in [6.07, 6.45) is 0. The molecule has 0 radical (unpaired) electrons. The minimum Gasteiger partial charge on any atom is -0.337 e. The number of non-ortho nitro benzene ring substituents is 1. The summed E-state index contributed by atoms with van der Waals surface area (Å²) in [5.41, 5.74) is 2.40. The zero-order chi connectivity index (χ0) is 15.4. The van der Waals surface area contributed by atoms with Gasteiger partial charge in [-0.05, 0) is 24.1 Å². The largest absolute Gasteiger partial charge is 0.337 e. The van der Waals surface area contributed by atoms with Crippen LogP contribution in [0.4, 0.5) is 5.69 Å². The Labute approximate surface area is 123 Å². The Hall–Kier alpha value is -2.69. The maximum atomic E-state index is 12.3. The van der Waals surface area contributed by atoms with E-state index in [1.807, 2.05) is 31.2 Å². The highest BCUT2D eigenvalue weighted by Crippen LogP contribution is 2.16. The fraction of sp³-hybridized carbons (Fsp3) is 0.188. The molecule has 2 rings (SSSR count). The number of aryl methyl sites for hydroxylation is 1. The Balaban J connectivity index is 2.18. The molecule has 0 saturated heterocycles. The minimum atomic E-state index is -0.502. The van der Waals surface area contributed by atoms with Gasteiger partial charge in [-0.25, -0.2) is 0 Å². The Morgan fingerprint density at radius 2 is 1.90 bits per heavy atom. The summed E-state index contributed by atoms with van der Waals surface area (Å²) in [7, 11) is 1.69. The molecule has 0 bridgehead atoms. The fourth-order valence-electron chi connectivity index (χ4n) is 2.09. The predicted molar refractivity (Wildman–Crippen MR) is 80.1 cm³/mol. The molecule has 0 aliphatic heterocycles. The van der Waals surface area contributed by atoms with E-state index in [1.165, 1.54) is 18.2 Å². The van der Waals surface area contributed by atoms with Crippen LogP contribution in [0, 0.1) is 17.0 Å². The van der Waals surface area contributed by atoms with Crippen LogP contribution in [0.25, 0.3) is 0 Å². The van der Waals surface area contributed by atoms with Gasteiger partial charge < -0.3 is 4.90 Å². The van der Waals surface area contributed by atoms with Crippen molar-refractivity contribution < 1.29 is 9.72 Å². The summed E-state index contributed by atoms with van der Waals surface area (Å²) < 4.78 is 0. The number of carbonyl (C=O) groups is 1. The third-order valence-electron chi connectivity index (χ3n) is 3.32. The number of rotatable bonds is 4. The van der Waals surface area contributed by atoms with E-state index in [1.54, 1.807) is 18.0 Å². The molecule has 0 saturated carbocycles. The zero-order valence-corrected chi connectivity index (χ0v) is 11.9. The first-order chi connectivity index (χ1) is 9.99. The molecule has 108 valence electrons. The molecule has 0 N–H and O–H groups in total. The molecule has 1 amide bonds. The number of hydrogen-bond acceptors (Lipinski definition) is 3. The summed E-state index contributed by atoms with van der Waals surface area (Å²) in [5.74, 6) is -0.234. The molecule has 21 heavy (non-hydrogen) atoms. The van der Waals surface area contributed by atoms with Crippen molar-refractivity contribution in [1.29, 1.82) is 0 Å². The van der Waals surface area contributed by atoms with Crippen LogP contribution in [0.1, 0.15) is 21.5 Å². The molecule has 0 fully saturated rings. The molecule has 0 atom stereocenters. The van der Waals surface area contributed by atoms with Gasteiger partial charge in [0.1, 0.15) is 0 Å². The van der Waals surface area contributed by atoms with E-state index in [-0.39, 0.29) is 11.6 Å². The predicted octanol–water partition coefficient (Wildman–Crippen LogP) is 3.18. The maximum absolute atomic E-state index is 12.3. The van der Waals surface area contributed by atoms with Gasteiger partial charge >= 0.3 is 0 Å². The smallest absolute Gasteiger partial charge is 0.270 e. The molecule has 0 spiro atoms. The van der Waals surface area contributed by atoms with Crippen LogP contribution >= 0.6 is 0 Å². The first kappa shape index (κ1) is 14.7. The normalized spacial score (nSPS) is 10.2. The topological polar surface area (TPSA) is 63.5 Å². The average Bonchev–Trinajstić information content (AvgIpc) is 2.49. The van der Waals surface area contributed by atoms with E-state index in [4.69, 9.17) is 0 Å². The van der Waals surface area contributed by atoms with Gasteiger partial charge in [0.15, 0.2) is 0 Å². The molecule has 0 aliphatic carbocycles. The molecule has 5 heteroatoms. The van der Waals surface area contributed by atoms with Crippen molar-refractivity contribution in [2.45, 2.75) is 13.5 Å². The van der Waals surface area contributed by atoms with Crippen LogP contribution in [0.5, 0.6) is 0 Å². The van der Waals surface area contributed by atoms with E-state index >= 15 is 0 Å². The Kier molecular flexibility index (Phi) is 4.33. The van der Waals surface area contributed by atoms with Crippen molar-refractivity contribution in [2.75, 3.05) is 7.05 Å². The molecule has 0 heterocycles. The summed E-state index contributed by atoms with van der Waals surface area (Å²) in [6.45, 7) is 2.45. The average molecular weight is 284 g/mol. The lowest BCUT2D eigenvalue weighted by Gasteiger charge is -2.18. The molecule has 0 aliphatic rings. The van der Waals surface area contributed by atoms with E-state index in [2.05, 4.69) is 0 Å². The van der Waals surface area contributed by atoms with Crippen molar-refractivity contribution in [3.05, 3.63) is 75.3 Å². The molecule has 5 nitrogen and oxygen atoms in total. The molecule has 0 unspecified atom stereocenters. The lowest BCUT2D eigenvalue weighted by Crippen LogP contribution is -2.26. The van der Waals surface area contributed by atoms with Crippen LogP contribution in [0.3, 0.4) is 0 Å². The monoisotopic (exact) mass is 284 g/mol. The van der Waals surface area contributed by atoms with Crippen LogP contribution < -0.4 is 0 Å². The standard InChI is InChI=1S/C16H16N2O3/c1-12-6-3-4-7-14(12)11-17(2)16(19)13-8-5-9-15(10-13)18(20)21/h3-10H,11H2,1-2H3.